The summed E-state index contributed by atoms with van der Waals surface area (Å²) in [5.41, 5.74) is 2.73. The minimum Gasteiger partial charge on any atom is -0.478 e. The molecule has 110 valence electrons. The molecule has 0 radical (unpaired) electrons. The molecule has 1 aromatic heterocycles. The van der Waals surface area contributed by atoms with Crippen LogP contribution in [0.25, 0.3) is 0 Å². The fourth-order valence-electron chi connectivity index (χ4n) is 2.14. The first kappa shape index (κ1) is 15.2. The minimum atomic E-state index is -1.05. The first-order valence-electron chi connectivity index (χ1n) is 6.42. The number of carbonyl (C=O) groups excluding carboxylic acids is 1. The van der Waals surface area contributed by atoms with Crippen molar-refractivity contribution < 1.29 is 14.7 Å². The largest absolute Gasteiger partial charge is 0.478 e. The molecule has 0 atom stereocenters. The van der Waals surface area contributed by atoms with Gasteiger partial charge in [-0.1, -0.05) is 6.07 Å². The second kappa shape index (κ2) is 6.05. The van der Waals surface area contributed by atoms with Crippen LogP contribution >= 0.6 is 11.3 Å². The predicted molar refractivity (Wildman–Crippen MR) is 82.1 cm³/mol. The molecule has 21 heavy (non-hydrogen) atoms. The number of nitrogens with zero attached hydrogens (tertiary/aromatic N) is 1. The van der Waals surface area contributed by atoms with Crippen molar-refractivity contribution in [3.63, 3.8) is 0 Å². The zero-order valence-corrected chi connectivity index (χ0v) is 12.9. The molecular formula is C15H16N2O3S. The molecule has 2 rings (SSSR count). The summed E-state index contributed by atoms with van der Waals surface area (Å²) in [6, 6.07) is 3.40. The summed E-state index contributed by atoms with van der Waals surface area (Å²) in [4.78, 5) is 27.6. The number of carboxylic acids is 1. The summed E-state index contributed by atoms with van der Waals surface area (Å²) in [5, 5.41) is 14.7. The molecule has 0 aliphatic carbocycles. The summed E-state index contributed by atoms with van der Waals surface area (Å²) in [6.07, 6.45) is 0.136. The van der Waals surface area contributed by atoms with Gasteiger partial charge in [0.1, 0.15) is 0 Å². The summed E-state index contributed by atoms with van der Waals surface area (Å²) in [7, 11) is 0. The fraction of sp³-hybridized carbons (Fsp3) is 0.267. The van der Waals surface area contributed by atoms with Gasteiger partial charge in [-0.2, -0.15) is 0 Å². The van der Waals surface area contributed by atoms with Gasteiger partial charge in [0.2, 0.25) is 5.91 Å². The maximum Gasteiger partial charge on any atom is 0.337 e. The van der Waals surface area contributed by atoms with Gasteiger partial charge in [0, 0.05) is 5.38 Å². The van der Waals surface area contributed by atoms with Crippen LogP contribution in [0.4, 0.5) is 5.69 Å². The van der Waals surface area contributed by atoms with E-state index in [1.54, 1.807) is 13.0 Å². The summed E-state index contributed by atoms with van der Waals surface area (Å²) < 4.78 is 0. The Balaban J connectivity index is 2.22. The first-order chi connectivity index (χ1) is 9.86. The van der Waals surface area contributed by atoms with Crippen LogP contribution in [0.15, 0.2) is 17.5 Å². The van der Waals surface area contributed by atoms with Crippen LogP contribution in [0, 0.1) is 20.8 Å². The zero-order valence-electron chi connectivity index (χ0n) is 12.1. The Hall–Kier alpha value is -2.21. The Morgan fingerprint density at radius 2 is 2.00 bits per heavy atom. The molecule has 1 heterocycles. The van der Waals surface area contributed by atoms with Gasteiger partial charge >= 0.3 is 5.97 Å². The molecule has 1 amide bonds. The molecule has 0 saturated carbocycles. The lowest BCUT2D eigenvalue weighted by molar-refractivity contribution is -0.115. The van der Waals surface area contributed by atoms with Crippen molar-refractivity contribution in [3.05, 3.63) is 44.9 Å². The molecule has 0 saturated heterocycles. The third-order valence-corrected chi connectivity index (χ3v) is 3.81. The van der Waals surface area contributed by atoms with Gasteiger partial charge in [0.25, 0.3) is 0 Å². The second-order valence-corrected chi connectivity index (χ2v) is 5.95. The van der Waals surface area contributed by atoms with Crippen molar-refractivity contribution >= 4 is 28.9 Å². The van der Waals surface area contributed by atoms with Crippen LogP contribution in [0.2, 0.25) is 0 Å². The van der Waals surface area contributed by atoms with Crippen LogP contribution in [0.1, 0.15) is 32.2 Å². The molecule has 0 bridgehead atoms. The molecule has 0 fully saturated rings. The lowest BCUT2D eigenvalue weighted by atomic mass is 10.0. The highest BCUT2D eigenvalue weighted by atomic mass is 32.1. The smallest absolute Gasteiger partial charge is 0.337 e. The van der Waals surface area contributed by atoms with Gasteiger partial charge in [0.15, 0.2) is 0 Å². The SMILES string of the molecule is Cc1cc(C)c(NC(=O)Cc2csc(C)n2)c(C(=O)O)c1. The van der Waals surface area contributed by atoms with Gasteiger partial charge in [-0.05, 0) is 38.0 Å². The van der Waals surface area contributed by atoms with Crippen molar-refractivity contribution in [1.29, 1.82) is 0 Å². The van der Waals surface area contributed by atoms with Gasteiger partial charge in [0.05, 0.1) is 28.4 Å². The minimum absolute atomic E-state index is 0.107. The van der Waals surface area contributed by atoms with Gasteiger partial charge in [-0.25, -0.2) is 9.78 Å². The number of thiazole rings is 1. The number of amides is 1. The topological polar surface area (TPSA) is 79.3 Å². The molecule has 2 N–H and O–H groups in total. The maximum absolute atomic E-state index is 12.1. The summed E-state index contributed by atoms with van der Waals surface area (Å²) >= 11 is 1.48. The number of hydrogen-bond acceptors (Lipinski definition) is 4. The molecule has 5 nitrogen and oxygen atoms in total. The Kier molecular flexibility index (Phi) is 4.37. The highest BCUT2D eigenvalue weighted by molar-refractivity contribution is 7.09. The monoisotopic (exact) mass is 304 g/mol. The van der Waals surface area contributed by atoms with E-state index in [0.29, 0.717) is 11.4 Å². The van der Waals surface area contributed by atoms with Crippen LogP contribution in [0.3, 0.4) is 0 Å². The van der Waals surface area contributed by atoms with E-state index in [1.165, 1.54) is 11.3 Å². The number of carboxylic acid groups (broad SMARTS) is 1. The van der Waals surface area contributed by atoms with E-state index in [4.69, 9.17) is 0 Å². The molecular weight excluding hydrogens is 288 g/mol. The first-order valence-corrected chi connectivity index (χ1v) is 7.30. The predicted octanol–water partition coefficient (Wildman–Crippen LogP) is 2.95. The standard InChI is InChI=1S/C15H16N2O3S/c1-8-4-9(2)14(12(5-8)15(19)20)17-13(18)6-11-7-21-10(3)16-11/h4-5,7H,6H2,1-3H3,(H,17,18)(H,19,20). The van der Waals surface area contributed by atoms with E-state index in [2.05, 4.69) is 10.3 Å². The molecule has 0 spiro atoms. The number of carbonyl (C=O) groups is 2. The van der Waals surface area contributed by atoms with Crippen molar-refractivity contribution in [2.75, 3.05) is 5.32 Å². The van der Waals surface area contributed by atoms with Crippen molar-refractivity contribution in [1.82, 2.24) is 4.98 Å². The average molecular weight is 304 g/mol. The number of aromatic nitrogens is 1. The third-order valence-electron chi connectivity index (χ3n) is 2.98. The molecule has 6 heteroatoms. The lowest BCUT2D eigenvalue weighted by Gasteiger charge is -2.12. The van der Waals surface area contributed by atoms with Gasteiger partial charge in [-0.3, -0.25) is 4.79 Å². The highest BCUT2D eigenvalue weighted by Gasteiger charge is 2.16. The number of anilines is 1. The quantitative estimate of drug-likeness (QED) is 0.910. The van der Waals surface area contributed by atoms with Crippen LogP contribution in [-0.2, 0) is 11.2 Å². The molecule has 1 aromatic carbocycles. The molecule has 2 aromatic rings. The average Bonchev–Trinajstić information content (AvgIpc) is 2.77. The van der Waals surface area contributed by atoms with E-state index in [1.807, 2.05) is 25.3 Å². The Labute approximate surface area is 126 Å². The van der Waals surface area contributed by atoms with Crippen molar-refractivity contribution in [2.45, 2.75) is 27.2 Å². The Bertz CT molecular complexity index is 707. The zero-order chi connectivity index (χ0) is 15.6. The lowest BCUT2D eigenvalue weighted by Crippen LogP contribution is -2.18. The van der Waals surface area contributed by atoms with Gasteiger partial charge in [-0.15, -0.1) is 11.3 Å². The normalized spacial score (nSPS) is 10.4. The number of nitrogens with one attached hydrogen (secondary N) is 1. The van der Waals surface area contributed by atoms with E-state index >= 15 is 0 Å². The van der Waals surface area contributed by atoms with Gasteiger partial charge < -0.3 is 10.4 Å². The van der Waals surface area contributed by atoms with Crippen LogP contribution < -0.4 is 5.32 Å². The Morgan fingerprint density at radius 3 is 2.57 bits per heavy atom. The number of rotatable bonds is 4. The second-order valence-electron chi connectivity index (χ2n) is 4.89. The molecule has 0 unspecified atom stereocenters. The third kappa shape index (κ3) is 3.66. The van der Waals surface area contributed by atoms with Crippen LogP contribution in [0.5, 0.6) is 0 Å². The summed E-state index contributed by atoms with van der Waals surface area (Å²) in [5.74, 6) is -1.32. The number of aromatic carboxylic acids is 1. The van der Waals surface area contributed by atoms with Crippen molar-refractivity contribution in [3.8, 4) is 0 Å². The highest BCUT2D eigenvalue weighted by Crippen LogP contribution is 2.23. The van der Waals surface area contributed by atoms with E-state index in [9.17, 15) is 14.7 Å². The Morgan fingerprint density at radius 1 is 1.29 bits per heavy atom. The molecule has 0 aliphatic heterocycles. The fourth-order valence-corrected chi connectivity index (χ4v) is 2.75. The van der Waals surface area contributed by atoms with Crippen LogP contribution in [-0.4, -0.2) is 22.0 Å². The number of hydrogen-bond donors (Lipinski definition) is 2. The summed E-state index contributed by atoms with van der Waals surface area (Å²) in [6.45, 7) is 5.48. The van der Waals surface area contributed by atoms with Crippen molar-refractivity contribution in [2.24, 2.45) is 0 Å². The van der Waals surface area contributed by atoms with E-state index in [-0.39, 0.29) is 17.9 Å². The van der Waals surface area contributed by atoms with E-state index in [0.717, 1.165) is 16.1 Å². The molecule has 0 aliphatic rings. The number of aryl methyl sites for hydroxylation is 3. The number of benzene rings is 1. The maximum atomic E-state index is 12.1. The van der Waals surface area contributed by atoms with E-state index < -0.39 is 5.97 Å².